The number of amides is 1. The maximum absolute atomic E-state index is 13.9. The molecule has 36 heavy (non-hydrogen) atoms. The van der Waals surface area contributed by atoms with Gasteiger partial charge in [-0.3, -0.25) is 9.59 Å². The third-order valence-electron chi connectivity index (χ3n) is 5.21. The van der Waals surface area contributed by atoms with Crippen LogP contribution in [0.1, 0.15) is 30.1 Å². The molecule has 1 aromatic heterocycles. The molecule has 184 valence electrons. The van der Waals surface area contributed by atoms with Crippen LogP contribution in [-0.4, -0.2) is 38.9 Å². The molecule has 0 atom stereocenters. The second kappa shape index (κ2) is 12.4. The van der Waals surface area contributed by atoms with Crippen molar-refractivity contribution in [3.05, 3.63) is 89.4 Å². The molecular formula is C27H25ClN4O3S. The van der Waals surface area contributed by atoms with Crippen LogP contribution in [0, 0.1) is 0 Å². The number of carbonyl (C=O) groups excluding carboxylic acids is 2. The molecule has 4 rings (SSSR count). The Morgan fingerprint density at radius 1 is 0.972 bits per heavy atom. The van der Waals surface area contributed by atoms with Crippen molar-refractivity contribution >= 4 is 40.9 Å². The molecule has 9 heteroatoms. The summed E-state index contributed by atoms with van der Waals surface area (Å²) < 4.78 is 7.29. The average Bonchev–Trinajstić information content (AvgIpc) is 3.32. The molecule has 4 aromatic rings. The van der Waals surface area contributed by atoms with E-state index in [1.165, 1.54) is 4.57 Å². The molecule has 0 unspecified atom stereocenters. The third kappa shape index (κ3) is 6.13. The van der Waals surface area contributed by atoms with Crippen LogP contribution in [0.15, 0.2) is 84.0 Å². The van der Waals surface area contributed by atoms with Crippen LogP contribution in [0.2, 0.25) is 5.02 Å². The Labute approximate surface area is 218 Å². The van der Waals surface area contributed by atoms with Crippen molar-refractivity contribution in [1.29, 1.82) is 0 Å². The number of anilines is 1. The largest absolute Gasteiger partial charge is 0.493 e. The molecule has 1 heterocycles. The van der Waals surface area contributed by atoms with E-state index in [-0.39, 0.29) is 22.7 Å². The number of hydrogen-bond donors (Lipinski definition) is 1. The van der Waals surface area contributed by atoms with Crippen LogP contribution >= 0.6 is 23.4 Å². The van der Waals surface area contributed by atoms with Gasteiger partial charge in [0.1, 0.15) is 5.75 Å². The van der Waals surface area contributed by atoms with Gasteiger partial charge in [0.25, 0.3) is 5.91 Å². The Balaban J connectivity index is 1.66. The highest BCUT2D eigenvalue weighted by Crippen LogP contribution is 2.31. The molecule has 0 saturated carbocycles. The molecule has 3 aromatic carbocycles. The number of rotatable bonds is 10. The number of thioether (sulfide) groups is 1. The predicted molar refractivity (Wildman–Crippen MR) is 143 cm³/mol. The molecule has 0 aliphatic carbocycles. The van der Waals surface area contributed by atoms with Crippen molar-refractivity contribution in [2.24, 2.45) is 0 Å². The van der Waals surface area contributed by atoms with Crippen molar-refractivity contribution in [2.75, 3.05) is 17.7 Å². The van der Waals surface area contributed by atoms with Gasteiger partial charge in [-0.25, -0.2) is 4.57 Å². The quantitative estimate of drug-likeness (QED) is 0.198. The van der Waals surface area contributed by atoms with Gasteiger partial charge in [-0.05, 0) is 42.8 Å². The minimum absolute atomic E-state index is 0.0392. The Kier molecular flexibility index (Phi) is 8.76. The zero-order valence-corrected chi connectivity index (χ0v) is 21.3. The zero-order valence-electron chi connectivity index (χ0n) is 19.7. The number of benzene rings is 3. The van der Waals surface area contributed by atoms with Crippen LogP contribution < -0.4 is 10.1 Å². The first-order valence-electron chi connectivity index (χ1n) is 11.5. The SMILES string of the molecule is CCCCOc1ccccc1C(=O)n1c(SCC(=O)Nc2ccccc2)nnc1-c1ccccc1Cl. The van der Waals surface area contributed by atoms with E-state index in [9.17, 15) is 9.59 Å². The fourth-order valence-corrected chi connectivity index (χ4v) is 4.38. The molecule has 0 fully saturated rings. The highest BCUT2D eigenvalue weighted by Gasteiger charge is 2.25. The second-order valence-corrected chi connectivity index (χ2v) is 9.18. The minimum atomic E-state index is -0.368. The number of carbonyl (C=O) groups is 2. The number of aromatic nitrogens is 3. The Hall–Kier alpha value is -3.62. The summed E-state index contributed by atoms with van der Waals surface area (Å²) in [7, 11) is 0. The highest BCUT2D eigenvalue weighted by atomic mass is 35.5. The fourth-order valence-electron chi connectivity index (χ4n) is 3.43. The summed E-state index contributed by atoms with van der Waals surface area (Å²) in [6.45, 7) is 2.58. The van der Waals surface area contributed by atoms with E-state index >= 15 is 0 Å². The van der Waals surface area contributed by atoms with Gasteiger partial charge in [0.2, 0.25) is 5.91 Å². The van der Waals surface area contributed by atoms with Gasteiger partial charge in [-0.1, -0.05) is 79.2 Å². The van der Waals surface area contributed by atoms with Gasteiger partial charge in [0.05, 0.1) is 22.9 Å². The Morgan fingerprint density at radius 2 is 1.69 bits per heavy atom. The summed E-state index contributed by atoms with van der Waals surface area (Å²) in [5.41, 5.74) is 1.62. The van der Waals surface area contributed by atoms with E-state index in [4.69, 9.17) is 16.3 Å². The smallest absolute Gasteiger partial charge is 0.269 e. The van der Waals surface area contributed by atoms with Crippen molar-refractivity contribution in [3.63, 3.8) is 0 Å². The number of nitrogens with zero attached hydrogens (tertiary/aromatic N) is 3. The number of nitrogens with one attached hydrogen (secondary N) is 1. The topological polar surface area (TPSA) is 86.1 Å². The number of para-hydroxylation sites is 2. The van der Waals surface area contributed by atoms with E-state index in [0.29, 0.717) is 40.0 Å². The van der Waals surface area contributed by atoms with E-state index < -0.39 is 0 Å². The molecule has 0 aliphatic rings. The standard InChI is InChI=1S/C27H25ClN4O3S/c1-2-3-17-35-23-16-10-8-14-21(23)26(34)32-25(20-13-7-9-15-22(20)28)30-31-27(32)36-18-24(33)29-19-11-5-4-6-12-19/h4-16H,2-3,17-18H2,1H3,(H,29,33). The molecule has 0 bridgehead atoms. The maximum Gasteiger partial charge on any atom is 0.269 e. The van der Waals surface area contributed by atoms with E-state index in [1.807, 2.05) is 30.3 Å². The summed E-state index contributed by atoms with van der Waals surface area (Å²) in [5.74, 6) is 0.216. The molecular weight excluding hydrogens is 496 g/mol. The van der Waals surface area contributed by atoms with Crippen molar-refractivity contribution in [1.82, 2.24) is 14.8 Å². The third-order valence-corrected chi connectivity index (χ3v) is 6.47. The highest BCUT2D eigenvalue weighted by molar-refractivity contribution is 7.99. The van der Waals surface area contributed by atoms with Crippen LogP contribution in [-0.2, 0) is 4.79 Å². The molecule has 1 N–H and O–H groups in total. The molecule has 1 amide bonds. The second-order valence-electron chi connectivity index (χ2n) is 7.83. The number of halogens is 1. The molecule has 0 saturated heterocycles. The van der Waals surface area contributed by atoms with Crippen LogP contribution in [0.25, 0.3) is 11.4 Å². The Morgan fingerprint density at radius 3 is 2.47 bits per heavy atom. The number of hydrogen-bond acceptors (Lipinski definition) is 6. The van der Waals surface area contributed by atoms with Crippen molar-refractivity contribution in [3.8, 4) is 17.1 Å². The van der Waals surface area contributed by atoms with Gasteiger partial charge in [-0.2, -0.15) is 0 Å². The van der Waals surface area contributed by atoms with Crippen LogP contribution in [0.4, 0.5) is 5.69 Å². The average molecular weight is 521 g/mol. The van der Waals surface area contributed by atoms with Crippen LogP contribution in [0.3, 0.4) is 0 Å². The lowest BCUT2D eigenvalue weighted by Gasteiger charge is -2.13. The molecule has 0 spiro atoms. The minimum Gasteiger partial charge on any atom is -0.493 e. The lowest BCUT2D eigenvalue weighted by Crippen LogP contribution is -2.18. The first-order chi connectivity index (χ1) is 17.6. The monoisotopic (exact) mass is 520 g/mol. The molecule has 0 radical (unpaired) electrons. The van der Waals surface area contributed by atoms with Gasteiger partial charge >= 0.3 is 0 Å². The van der Waals surface area contributed by atoms with Gasteiger partial charge in [0, 0.05) is 11.3 Å². The van der Waals surface area contributed by atoms with Gasteiger partial charge < -0.3 is 10.1 Å². The normalized spacial score (nSPS) is 10.7. The summed E-state index contributed by atoms with van der Waals surface area (Å²) in [4.78, 5) is 26.4. The lowest BCUT2D eigenvalue weighted by atomic mass is 10.1. The van der Waals surface area contributed by atoms with Crippen molar-refractivity contribution in [2.45, 2.75) is 24.9 Å². The van der Waals surface area contributed by atoms with E-state index in [0.717, 1.165) is 24.6 Å². The molecule has 0 aliphatic heterocycles. The predicted octanol–water partition coefficient (Wildman–Crippen LogP) is 6.20. The lowest BCUT2D eigenvalue weighted by molar-refractivity contribution is -0.113. The number of unbranched alkanes of at least 4 members (excludes halogenated alkanes) is 1. The van der Waals surface area contributed by atoms with E-state index in [1.54, 1.807) is 48.5 Å². The first-order valence-corrected chi connectivity index (χ1v) is 12.9. The summed E-state index contributed by atoms with van der Waals surface area (Å²) in [5, 5.41) is 12.1. The van der Waals surface area contributed by atoms with Crippen LogP contribution in [0.5, 0.6) is 5.75 Å². The Bertz CT molecular complexity index is 1340. The first kappa shape index (κ1) is 25.5. The van der Waals surface area contributed by atoms with Gasteiger partial charge in [-0.15, -0.1) is 10.2 Å². The maximum atomic E-state index is 13.9. The summed E-state index contributed by atoms with van der Waals surface area (Å²) in [6, 6.07) is 23.3. The van der Waals surface area contributed by atoms with E-state index in [2.05, 4.69) is 22.4 Å². The fraction of sp³-hybridized carbons (Fsp3) is 0.185. The molecule has 7 nitrogen and oxygen atoms in total. The van der Waals surface area contributed by atoms with Gasteiger partial charge in [0.15, 0.2) is 11.0 Å². The summed E-state index contributed by atoms with van der Waals surface area (Å²) in [6.07, 6.45) is 1.85. The number of ether oxygens (including phenoxy) is 1. The zero-order chi connectivity index (χ0) is 25.3. The summed E-state index contributed by atoms with van der Waals surface area (Å²) >= 11 is 7.55. The van der Waals surface area contributed by atoms with Crippen molar-refractivity contribution < 1.29 is 14.3 Å².